The third-order valence-electron chi connectivity index (χ3n) is 0.203. The molecule has 0 saturated carbocycles. The summed E-state index contributed by atoms with van der Waals surface area (Å²) < 4.78 is 0. The molecule has 0 radical (unpaired) electrons. The molecular formula is CH4N2O2S. The van der Waals surface area contributed by atoms with E-state index in [4.69, 9.17) is 10.4 Å². The maximum atomic E-state index is 7.72. The van der Waals surface area contributed by atoms with E-state index in [-0.39, 0.29) is 5.11 Å². The van der Waals surface area contributed by atoms with Gasteiger partial charge in [-0.15, -0.1) is 0 Å². The predicted molar refractivity (Wildman–Crippen MR) is 22.4 cm³/mol. The van der Waals surface area contributed by atoms with Crippen LogP contribution >= 0.6 is 12.2 Å². The van der Waals surface area contributed by atoms with Crippen LogP contribution in [0, 0.1) is 0 Å². The number of thiocarbonyl (C=S) groups is 1. The number of nitrogens with one attached hydrogen (secondary N) is 2. The minimum absolute atomic E-state index is 0.213. The van der Waals surface area contributed by atoms with E-state index < -0.39 is 0 Å². The van der Waals surface area contributed by atoms with Gasteiger partial charge in [0, 0.05) is 0 Å². The van der Waals surface area contributed by atoms with Crippen LogP contribution in [0.2, 0.25) is 0 Å². The van der Waals surface area contributed by atoms with E-state index in [1.807, 2.05) is 0 Å². The normalized spacial score (nSPS) is 7.00. The van der Waals surface area contributed by atoms with Crippen molar-refractivity contribution in [2.75, 3.05) is 0 Å². The topological polar surface area (TPSA) is 64.5 Å². The molecule has 0 spiro atoms. The molecule has 0 bridgehead atoms. The lowest BCUT2D eigenvalue weighted by Crippen LogP contribution is -2.29. The quantitative estimate of drug-likeness (QED) is 0.242. The molecule has 0 saturated heterocycles. The third kappa shape index (κ3) is 1.89. The molecule has 5 heteroatoms. The summed E-state index contributed by atoms with van der Waals surface area (Å²) in [7, 11) is 0. The lowest BCUT2D eigenvalue weighted by Gasteiger charge is -1.92. The van der Waals surface area contributed by atoms with Crippen molar-refractivity contribution in [3.63, 3.8) is 0 Å². The van der Waals surface area contributed by atoms with Crippen LogP contribution in [0.3, 0.4) is 0 Å². The monoisotopic (exact) mass is 108 g/mol. The van der Waals surface area contributed by atoms with Gasteiger partial charge >= 0.3 is 0 Å². The van der Waals surface area contributed by atoms with E-state index in [9.17, 15) is 0 Å². The highest BCUT2D eigenvalue weighted by molar-refractivity contribution is 7.80. The molecule has 0 unspecified atom stereocenters. The van der Waals surface area contributed by atoms with Crippen molar-refractivity contribution < 1.29 is 10.4 Å². The van der Waals surface area contributed by atoms with Crippen LogP contribution in [0.25, 0.3) is 0 Å². The van der Waals surface area contributed by atoms with Crippen LogP contribution in [-0.4, -0.2) is 15.5 Å². The first-order valence-electron chi connectivity index (χ1n) is 1.15. The Bertz CT molecular complexity index is 49.5. The summed E-state index contributed by atoms with van der Waals surface area (Å²) in [5.74, 6) is 0. The molecule has 0 atom stereocenters. The van der Waals surface area contributed by atoms with E-state index in [0.29, 0.717) is 0 Å². The smallest absolute Gasteiger partial charge is 0.214 e. The van der Waals surface area contributed by atoms with Crippen LogP contribution in [0.5, 0.6) is 0 Å². The average molecular weight is 108 g/mol. The highest BCUT2D eigenvalue weighted by atomic mass is 32.1. The van der Waals surface area contributed by atoms with Crippen LogP contribution < -0.4 is 11.0 Å². The Balaban J connectivity index is 2.99. The SMILES string of the molecule is ONC(=S)NO. The molecule has 0 rings (SSSR count). The van der Waals surface area contributed by atoms with Crippen molar-refractivity contribution in [3.05, 3.63) is 0 Å². The molecule has 0 heterocycles. The molecule has 4 nitrogen and oxygen atoms in total. The van der Waals surface area contributed by atoms with Crippen molar-refractivity contribution >= 4 is 17.3 Å². The fourth-order valence-electron chi connectivity index (χ4n) is 0.0250. The average Bonchev–Trinajstić information content (AvgIpc) is 1.65. The first-order chi connectivity index (χ1) is 2.81. The summed E-state index contributed by atoms with van der Waals surface area (Å²) in [4.78, 5) is 0. The molecule has 0 aliphatic rings. The van der Waals surface area contributed by atoms with Gasteiger partial charge in [-0.05, 0) is 12.2 Å². The lowest BCUT2D eigenvalue weighted by atomic mass is 11.2. The molecule has 0 aromatic heterocycles. The van der Waals surface area contributed by atoms with Crippen molar-refractivity contribution in [1.29, 1.82) is 0 Å². The maximum absolute atomic E-state index is 7.72. The molecule has 0 aromatic rings. The van der Waals surface area contributed by atoms with Crippen LogP contribution in [0.15, 0.2) is 0 Å². The first kappa shape index (κ1) is 5.61. The second kappa shape index (κ2) is 2.83. The summed E-state index contributed by atoms with van der Waals surface area (Å²) in [5, 5.41) is 15.2. The number of rotatable bonds is 0. The maximum Gasteiger partial charge on any atom is 0.214 e. The molecule has 4 N–H and O–H groups in total. The van der Waals surface area contributed by atoms with Gasteiger partial charge in [0.25, 0.3) is 0 Å². The predicted octanol–water partition coefficient (Wildman–Crippen LogP) is -0.771. The molecule has 0 aromatic carbocycles. The Morgan fingerprint density at radius 2 is 1.67 bits per heavy atom. The van der Waals surface area contributed by atoms with Gasteiger partial charge < -0.3 is 0 Å². The van der Waals surface area contributed by atoms with Crippen molar-refractivity contribution in [1.82, 2.24) is 11.0 Å². The summed E-state index contributed by atoms with van der Waals surface area (Å²) >= 11 is 4.13. The van der Waals surface area contributed by atoms with Crippen molar-refractivity contribution in [3.8, 4) is 0 Å². The highest BCUT2D eigenvalue weighted by Gasteiger charge is 1.79. The van der Waals surface area contributed by atoms with Crippen molar-refractivity contribution in [2.24, 2.45) is 0 Å². The summed E-state index contributed by atoms with van der Waals surface area (Å²) in [6, 6.07) is 0. The zero-order valence-corrected chi connectivity index (χ0v) is 3.62. The fourth-order valence-corrected chi connectivity index (χ4v) is 0.0250. The fraction of sp³-hybridized carbons (Fsp3) is 0. The number of hydroxylamine groups is 2. The van der Waals surface area contributed by atoms with Gasteiger partial charge in [0.2, 0.25) is 5.11 Å². The number of hydrogen-bond donors (Lipinski definition) is 4. The van der Waals surface area contributed by atoms with Gasteiger partial charge in [0.1, 0.15) is 0 Å². The van der Waals surface area contributed by atoms with E-state index in [2.05, 4.69) is 12.2 Å². The van der Waals surface area contributed by atoms with E-state index in [0.717, 1.165) is 0 Å². The van der Waals surface area contributed by atoms with Gasteiger partial charge in [-0.25, -0.2) is 11.0 Å². The van der Waals surface area contributed by atoms with Crippen LogP contribution in [0.1, 0.15) is 0 Å². The Morgan fingerprint density at radius 1 is 1.33 bits per heavy atom. The molecule has 0 aliphatic carbocycles. The standard InChI is InChI=1S/CH4N2O2S/c4-2-1(6)3-5/h4-5H,(H2,2,3,6). The van der Waals surface area contributed by atoms with Gasteiger partial charge in [0.15, 0.2) is 0 Å². The zero-order valence-electron chi connectivity index (χ0n) is 2.80. The van der Waals surface area contributed by atoms with E-state index in [1.165, 1.54) is 11.0 Å². The molecule has 0 fully saturated rings. The minimum atomic E-state index is -0.213. The Kier molecular flexibility index (Phi) is 2.64. The van der Waals surface area contributed by atoms with Gasteiger partial charge in [-0.3, -0.25) is 10.4 Å². The summed E-state index contributed by atoms with van der Waals surface area (Å²) in [5.41, 5.74) is 2.97. The first-order valence-corrected chi connectivity index (χ1v) is 1.56. The largest absolute Gasteiger partial charge is 0.289 e. The van der Waals surface area contributed by atoms with Crippen LogP contribution in [0.4, 0.5) is 0 Å². The zero-order chi connectivity index (χ0) is 4.99. The number of hydrogen-bond acceptors (Lipinski definition) is 3. The van der Waals surface area contributed by atoms with Gasteiger partial charge in [-0.1, -0.05) is 0 Å². The lowest BCUT2D eigenvalue weighted by molar-refractivity contribution is 0.186. The Morgan fingerprint density at radius 3 is 1.67 bits per heavy atom. The van der Waals surface area contributed by atoms with E-state index >= 15 is 0 Å². The molecule has 6 heavy (non-hydrogen) atoms. The summed E-state index contributed by atoms with van der Waals surface area (Å²) in [6.45, 7) is 0. The van der Waals surface area contributed by atoms with E-state index in [1.54, 1.807) is 0 Å². The molecule has 0 amide bonds. The molecular weight excluding hydrogens is 104 g/mol. The molecule has 0 aliphatic heterocycles. The Hall–Kier alpha value is -0.390. The summed E-state index contributed by atoms with van der Waals surface area (Å²) in [6.07, 6.45) is 0. The van der Waals surface area contributed by atoms with Crippen molar-refractivity contribution in [2.45, 2.75) is 0 Å². The van der Waals surface area contributed by atoms with Gasteiger partial charge in [0.05, 0.1) is 0 Å². The third-order valence-corrected chi connectivity index (χ3v) is 0.386. The second-order valence-corrected chi connectivity index (χ2v) is 0.961. The highest BCUT2D eigenvalue weighted by Crippen LogP contribution is 1.51. The Labute approximate surface area is 39.7 Å². The minimum Gasteiger partial charge on any atom is -0.289 e. The second-order valence-electron chi connectivity index (χ2n) is 0.553. The van der Waals surface area contributed by atoms with Crippen LogP contribution in [-0.2, 0) is 0 Å². The van der Waals surface area contributed by atoms with Gasteiger partial charge in [-0.2, -0.15) is 0 Å². The molecule has 36 valence electrons.